The maximum Gasteiger partial charge on any atom is 0.122 e. The molecule has 1 unspecified atom stereocenters. The molecule has 3 aromatic rings. The van der Waals surface area contributed by atoms with Gasteiger partial charge < -0.3 is 14.9 Å². The molecule has 0 aliphatic heterocycles. The van der Waals surface area contributed by atoms with Gasteiger partial charge in [-0.1, -0.05) is 60.7 Å². The molecule has 3 heteroatoms. The van der Waals surface area contributed by atoms with Gasteiger partial charge in [-0.25, -0.2) is 0 Å². The lowest BCUT2D eigenvalue weighted by Crippen LogP contribution is -2.04. The Morgan fingerprint density at radius 3 is 2.26 bits per heavy atom. The highest BCUT2D eigenvalue weighted by Crippen LogP contribution is 2.33. The van der Waals surface area contributed by atoms with Gasteiger partial charge in [-0.15, -0.1) is 0 Å². The zero-order chi connectivity index (χ0) is 19.2. The van der Waals surface area contributed by atoms with Crippen LogP contribution in [-0.4, -0.2) is 16.8 Å². The van der Waals surface area contributed by atoms with Crippen LogP contribution in [0.5, 0.6) is 5.75 Å². The quantitative estimate of drug-likeness (QED) is 0.591. The van der Waals surface area contributed by atoms with E-state index in [0.717, 1.165) is 28.7 Å². The monoisotopic (exact) mass is 362 g/mol. The largest absolute Gasteiger partial charge is 0.508 e. The zero-order valence-corrected chi connectivity index (χ0v) is 15.9. The molecule has 140 valence electrons. The SMILES string of the molecule is Cc1cc(C)c(C(O)c2ccc(CCOCc3ccccc3)cc2)c(O)c1. The van der Waals surface area contributed by atoms with Crippen LogP contribution in [0.2, 0.25) is 0 Å². The summed E-state index contributed by atoms with van der Waals surface area (Å²) in [7, 11) is 0. The lowest BCUT2D eigenvalue weighted by atomic mass is 9.94. The topological polar surface area (TPSA) is 49.7 Å². The molecule has 0 aliphatic rings. The molecule has 0 bridgehead atoms. The van der Waals surface area contributed by atoms with Gasteiger partial charge in [0, 0.05) is 5.56 Å². The zero-order valence-electron chi connectivity index (χ0n) is 15.9. The van der Waals surface area contributed by atoms with Crippen LogP contribution in [0.3, 0.4) is 0 Å². The first kappa shape index (κ1) is 19.2. The molecule has 0 aliphatic carbocycles. The van der Waals surface area contributed by atoms with Crippen molar-refractivity contribution in [2.75, 3.05) is 6.61 Å². The third kappa shape index (κ3) is 4.97. The molecule has 0 fully saturated rings. The van der Waals surface area contributed by atoms with Crippen molar-refractivity contribution in [3.05, 3.63) is 100 Å². The van der Waals surface area contributed by atoms with Crippen LogP contribution in [0.25, 0.3) is 0 Å². The first-order valence-corrected chi connectivity index (χ1v) is 9.23. The molecule has 0 spiro atoms. The summed E-state index contributed by atoms with van der Waals surface area (Å²) in [6, 6.07) is 21.6. The maximum absolute atomic E-state index is 10.7. The molecular formula is C24H26O3. The van der Waals surface area contributed by atoms with Crippen molar-refractivity contribution in [1.29, 1.82) is 0 Å². The fourth-order valence-corrected chi connectivity index (χ4v) is 3.30. The van der Waals surface area contributed by atoms with E-state index in [1.54, 1.807) is 6.07 Å². The third-order valence-corrected chi connectivity index (χ3v) is 4.72. The van der Waals surface area contributed by atoms with Crippen LogP contribution in [-0.2, 0) is 17.8 Å². The van der Waals surface area contributed by atoms with E-state index in [1.165, 1.54) is 5.56 Å². The minimum absolute atomic E-state index is 0.137. The van der Waals surface area contributed by atoms with Crippen LogP contribution >= 0.6 is 0 Å². The number of benzene rings is 3. The maximum atomic E-state index is 10.7. The van der Waals surface area contributed by atoms with E-state index in [0.29, 0.717) is 18.8 Å². The number of aliphatic hydroxyl groups excluding tert-OH is 1. The lowest BCUT2D eigenvalue weighted by Gasteiger charge is -2.17. The number of phenolic OH excluding ortho intramolecular Hbond substituents is 1. The van der Waals surface area contributed by atoms with Gasteiger partial charge in [-0.05, 0) is 54.2 Å². The van der Waals surface area contributed by atoms with Crippen LogP contribution in [0.1, 0.15) is 39.5 Å². The summed E-state index contributed by atoms with van der Waals surface area (Å²) in [6.45, 7) is 5.10. The summed E-state index contributed by atoms with van der Waals surface area (Å²) in [5.41, 5.74) is 5.53. The number of ether oxygens (including phenoxy) is 1. The number of aromatic hydroxyl groups is 1. The highest BCUT2D eigenvalue weighted by molar-refractivity contribution is 5.47. The van der Waals surface area contributed by atoms with Crippen molar-refractivity contribution in [3.8, 4) is 5.75 Å². The molecule has 0 saturated carbocycles. The Bertz CT molecular complexity index is 847. The van der Waals surface area contributed by atoms with Crippen LogP contribution in [0.15, 0.2) is 66.7 Å². The van der Waals surface area contributed by atoms with Crippen LogP contribution in [0, 0.1) is 13.8 Å². The van der Waals surface area contributed by atoms with Crippen LogP contribution in [0.4, 0.5) is 0 Å². The van der Waals surface area contributed by atoms with Crippen molar-refractivity contribution in [1.82, 2.24) is 0 Å². The first-order chi connectivity index (χ1) is 13.0. The summed E-state index contributed by atoms with van der Waals surface area (Å²) in [4.78, 5) is 0. The average Bonchev–Trinajstić information content (AvgIpc) is 2.66. The summed E-state index contributed by atoms with van der Waals surface area (Å²) >= 11 is 0. The number of rotatable bonds is 7. The van der Waals surface area contributed by atoms with Gasteiger partial charge in [0.05, 0.1) is 13.2 Å². The molecule has 2 N–H and O–H groups in total. The highest BCUT2D eigenvalue weighted by atomic mass is 16.5. The molecule has 0 radical (unpaired) electrons. The second-order valence-corrected chi connectivity index (χ2v) is 6.95. The van der Waals surface area contributed by atoms with Crippen LogP contribution < -0.4 is 0 Å². The van der Waals surface area contributed by atoms with Gasteiger partial charge in [0.25, 0.3) is 0 Å². The summed E-state index contributed by atoms with van der Waals surface area (Å²) in [6.07, 6.45) is -0.0214. The number of aliphatic hydroxyl groups is 1. The number of phenols is 1. The smallest absolute Gasteiger partial charge is 0.122 e. The molecule has 3 aromatic carbocycles. The average molecular weight is 362 g/mol. The van der Waals surface area contributed by atoms with Gasteiger partial charge in [0.15, 0.2) is 0 Å². The number of hydrogen-bond acceptors (Lipinski definition) is 3. The van der Waals surface area contributed by atoms with E-state index in [1.807, 2.05) is 62.4 Å². The van der Waals surface area contributed by atoms with E-state index >= 15 is 0 Å². The Balaban J connectivity index is 1.58. The Labute approximate surface area is 160 Å². The highest BCUT2D eigenvalue weighted by Gasteiger charge is 2.17. The molecular weight excluding hydrogens is 336 g/mol. The standard InChI is InChI=1S/C24H26O3/c1-17-14-18(2)23(22(25)15-17)24(26)21-10-8-19(9-11-21)12-13-27-16-20-6-4-3-5-7-20/h3-11,14-15,24-26H,12-13,16H2,1-2H3. The predicted molar refractivity (Wildman–Crippen MR) is 108 cm³/mol. The minimum Gasteiger partial charge on any atom is -0.508 e. The van der Waals surface area contributed by atoms with Gasteiger partial charge in [-0.2, -0.15) is 0 Å². The van der Waals surface area contributed by atoms with Gasteiger partial charge in [0.1, 0.15) is 11.9 Å². The Morgan fingerprint density at radius 1 is 0.889 bits per heavy atom. The normalized spacial score (nSPS) is 12.1. The Hall–Kier alpha value is -2.62. The Kier molecular flexibility index (Phi) is 6.28. The molecule has 1 atom stereocenters. The summed E-state index contributed by atoms with van der Waals surface area (Å²) < 4.78 is 5.73. The fraction of sp³-hybridized carbons (Fsp3) is 0.250. The minimum atomic E-state index is -0.839. The summed E-state index contributed by atoms with van der Waals surface area (Å²) in [5.74, 6) is 0.137. The lowest BCUT2D eigenvalue weighted by molar-refractivity contribution is 0.124. The molecule has 3 nitrogen and oxygen atoms in total. The second kappa shape index (κ2) is 8.85. The molecule has 27 heavy (non-hydrogen) atoms. The second-order valence-electron chi connectivity index (χ2n) is 6.95. The van der Waals surface area contributed by atoms with E-state index < -0.39 is 6.10 Å². The van der Waals surface area contributed by atoms with E-state index in [2.05, 4.69) is 12.1 Å². The first-order valence-electron chi connectivity index (χ1n) is 9.23. The van der Waals surface area contributed by atoms with Gasteiger partial charge in [-0.3, -0.25) is 0 Å². The molecule has 0 aromatic heterocycles. The van der Waals surface area contributed by atoms with Gasteiger partial charge in [0.2, 0.25) is 0 Å². The number of hydrogen-bond donors (Lipinski definition) is 2. The fourth-order valence-electron chi connectivity index (χ4n) is 3.30. The molecule has 3 rings (SSSR count). The van der Waals surface area contributed by atoms with E-state index in [9.17, 15) is 10.2 Å². The van der Waals surface area contributed by atoms with Crippen molar-refractivity contribution in [2.24, 2.45) is 0 Å². The van der Waals surface area contributed by atoms with Crippen molar-refractivity contribution < 1.29 is 14.9 Å². The van der Waals surface area contributed by atoms with Crippen molar-refractivity contribution >= 4 is 0 Å². The van der Waals surface area contributed by atoms with Gasteiger partial charge >= 0.3 is 0 Å². The molecule has 0 amide bonds. The van der Waals surface area contributed by atoms with Crippen molar-refractivity contribution in [3.63, 3.8) is 0 Å². The Morgan fingerprint density at radius 2 is 1.59 bits per heavy atom. The predicted octanol–water partition coefficient (Wildman–Crippen LogP) is 4.85. The number of aryl methyl sites for hydroxylation is 2. The third-order valence-electron chi connectivity index (χ3n) is 4.72. The van der Waals surface area contributed by atoms with E-state index in [4.69, 9.17) is 4.74 Å². The molecule has 0 heterocycles. The molecule has 0 saturated heterocycles. The summed E-state index contributed by atoms with van der Waals surface area (Å²) in [5, 5.41) is 20.9. The van der Waals surface area contributed by atoms with Crippen molar-refractivity contribution in [2.45, 2.75) is 33.0 Å². The van der Waals surface area contributed by atoms with E-state index in [-0.39, 0.29) is 5.75 Å².